The van der Waals surface area contributed by atoms with Gasteiger partial charge in [-0.05, 0) is 48.6 Å². The molecule has 11 heteroatoms. The van der Waals surface area contributed by atoms with Crippen molar-refractivity contribution in [3.8, 4) is 5.75 Å². The number of rotatable bonds is 5. The highest BCUT2D eigenvalue weighted by Gasteiger charge is 2.27. The van der Waals surface area contributed by atoms with Gasteiger partial charge in [-0.2, -0.15) is 11.8 Å². The number of carbonyl (C=O) groups excluding carboxylic acids is 3. The molecule has 38 heavy (non-hydrogen) atoms. The summed E-state index contributed by atoms with van der Waals surface area (Å²) in [6.45, 7) is 2.83. The molecule has 4 rings (SSSR count). The van der Waals surface area contributed by atoms with E-state index < -0.39 is 18.0 Å². The Morgan fingerprint density at radius 3 is 2.66 bits per heavy atom. The van der Waals surface area contributed by atoms with Gasteiger partial charge in [0, 0.05) is 12.0 Å². The Kier molecular flexibility index (Phi) is 9.36. The van der Waals surface area contributed by atoms with Gasteiger partial charge in [0.2, 0.25) is 11.8 Å². The first kappa shape index (κ1) is 27.2. The fourth-order valence-electron chi connectivity index (χ4n) is 4.05. The van der Waals surface area contributed by atoms with Crippen molar-refractivity contribution >= 4 is 29.5 Å². The smallest absolute Gasteiger partial charge is 0.252 e. The largest absolute Gasteiger partial charge is 0.491 e. The number of amides is 3. The second kappa shape index (κ2) is 13.1. The van der Waals surface area contributed by atoms with Crippen molar-refractivity contribution in [2.24, 2.45) is 0 Å². The van der Waals surface area contributed by atoms with Gasteiger partial charge >= 0.3 is 0 Å². The third kappa shape index (κ3) is 7.34. The number of aromatic nitrogens is 3. The minimum Gasteiger partial charge on any atom is -0.491 e. The maximum Gasteiger partial charge on any atom is 0.252 e. The highest BCUT2D eigenvalue weighted by atomic mass is 32.2. The molecular formula is C27H32N6O4S. The van der Waals surface area contributed by atoms with E-state index in [2.05, 4.69) is 26.3 Å². The SMILES string of the molecule is CSCC[C@@H]1NC(=O)c2ccc(C)c(c2)OCCn2cc(nn2)CNC(=O)[C@H](Cc2ccccc2)NC1=O. The molecule has 2 aromatic carbocycles. The molecule has 1 aromatic heterocycles. The van der Waals surface area contributed by atoms with Crippen molar-refractivity contribution in [1.29, 1.82) is 0 Å². The zero-order valence-corrected chi connectivity index (χ0v) is 22.3. The normalized spacial score (nSPS) is 18.8. The monoisotopic (exact) mass is 536 g/mol. The first-order chi connectivity index (χ1) is 18.4. The van der Waals surface area contributed by atoms with Crippen molar-refractivity contribution in [1.82, 2.24) is 30.9 Å². The van der Waals surface area contributed by atoms with Crippen LogP contribution in [-0.4, -0.2) is 63.4 Å². The Morgan fingerprint density at radius 1 is 1.05 bits per heavy atom. The number of fused-ring (bicyclic) bond motifs is 4. The van der Waals surface area contributed by atoms with Crippen LogP contribution in [-0.2, 0) is 29.1 Å². The predicted octanol–water partition coefficient (Wildman–Crippen LogP) is 1.87. The Hall–Kier alpha value is -3.86. The van der Waals surface area contributed by atoms with Crippen LogP contribution < -0.4 is 20.7 Å². The van der Waals surface area contributed by atoms with Gasteiger partial charge in [-0.1, -0.05) is 41.6 Å². The summed E-state index contributed by atoms with van der Waals surface area (Å²) in [5.41, 5.74) is 2.76. The van der Waals surface area contributed by atoms with Crippen LogP contribution in [0.25, 0.3) is 0 Å². The third-order valence-corrected chi connectivity index (χ3v) is 6.85. The van der Waals surface area contributed by atoms with Crippen LogP contribution in [0.1, 0.15) is 33.6 Å². The van der Waals surface area contributed by atoms with Crippen LogP contribution in [0.3, 0.4) is 0 Å². The number of benzene rings is 2. The Balaban J connectivity index is 1.63. The summed E-state index contributed by atoms with van der Waals surface area (Å²) in [5, 5.41) is 16.8. The van der Waals surface area contributed by atoms with Crippen molar-refractivity contribution < 1.29 is 19.1 Å². The number of nitrogens with one attached hydrogen (secondary N) is 3. The molecule has 0 aliphatic carbocycles. The average Bonchev–Trinajstić information content (AvgIpc) is 3.37. The van der Waals surface area contributed by atoms with Gasteiger partial charge in [0.25, 0.3) is 5.91 Å². The Bertz CT molecular complexity index is 1270. The highest BCUT2D eigenvalue weighted by Crippen LogP contribution is 2.20. The lowest BCUT2D eigenvalue weighted by molar-refractivity contribution is -0.130. The predicted molar refractivity (Wildman–Crippen MR) is 145 cm³/mol. The van der Waals surface area contributed by atoms with Crippen LogP contribution in [0.4, 0.5) is 0 Å². The summed E-state index contributed by atoms with van der Waals surface area (Å²) < 4.78 is 7.55. The second-order valence-electron chi connectivity index (χ2n) is 9.08. The summed E-state index contributed by atoms with van der Waals surface area (Å²) in [5.74, 6) is 0.0892. The zero-order chi connectivity index (χ0) is 26.9. The van der Waals surface area contributed by atoms with Crippen molar-refractivity contribution in [3.63, 3.8) is 0 Å². The maximum absolute atomic E-state index is 13.4. The molecule has 1 aliphatic rings. The lowest BCUT2D eigenvalue weighted by Crippen LogP contribution is -2.54. The van der Waals surface area contributed by atoms with Crippen LogP contribution in [0.5, 0.6) is 5.75 Å². The fraction of sp³-hybridized carbons (Fsp3) is 0.370. The average molecular weight is 537 g/mol. The number of hydrogen-bond acceptors (Lipinski definition) is 7. The minimum absolute atomic E-state index is 0.161. The summed E-state index contributed by atoms with van der Waals surface area (Å²) >= 11 is 1.58. The molecule has 0 fully saturated rings. The van der Waals surface area contributed by atoms with E-state index >= 15 is 0 Å². The molecule has 3 amide bonds. The Labute approximate surface area is 225 Å². The summed E-state index contributed by atoms with van der Waals surface area (Å²) in [6.07, 6.45) is 4.39. The number of nitrogens with zero attached hydrogens (tertiary/aromatic N) is 3. The summed E-state index contributed by atoms with van der Waals surface area (Å²) in [6, 6.07) is 13.0. The molecule has 0 saturated heterocycles. The minimum atomic E-state index is -0.841. The Morgan fingerprint density at radius 2 is 1.87 bits per heavy atom. The van der Waals surface area contributed by atoms with E-state index in [1.54, 1.807) is 34.8 Å². The van der Waals surface area contributed by atoms with E-state index in [9.17, 15) is 14.4 Å². The first-order valence-corrected chi connectivity index (χ1v) is 13.9. The molecule has 0 spiro atoms. The van der Waals surface area contributed by atoms with E-state index in [1.165, 1.54) is 0 Å². The van der Waals surface area contributed by atoms with Gasteiger partial charge in [0.05, 0.1) is 19.3 Å². The lowest BCUT2D eigenvalue weighted by Gasteiger charge is -2.23. The molecule has 2 heterocycles. The van der Waals surface area contributed by atoms with Crippen LogP contribution in [0.15, 0.2) is 54.7 Å². The molecule has 3 aromatic rings. The number of aryl methyl sites for hydroxylation is 1. The molecular weight excluding hydrogens is 504 g/mol. The zero-order valence-electron chi connectivity index (χ0n) is 21.5. The van der Waals surface area contributed by atoms with E-state index in [-0.39, 0.29) is 18.4 Å². The fourth-order valence-corrected chi connectivity index (χ4v) is 4.52. The molecule has 2 atom stereocenters. The number of carbonyl (C=O) groups is 3. The number of ether oxygens (including phenoxy) is 1. The molecule has 200 valence electrons. The van der Waals surface area contributed by atoms with Gasteiger partial charge < -0.3 is 20.7 Å². The molecule has 4 bridgehead atoms. The van der Waals surface area contributed by atoms with E-state index in [0.717, 1.165) is 11.1 Å². The van der Waals surface area contributed by atoms with Crippen molar-refractivity contribution in [2.75, 3.05) is 18.6 Å². The van der Waals surface area contributed by atoms with Crippen molar-refractivity contribution in [3.05, 3.63) is 77.1 Å². The van der Waals surface area contributed by atoms with Gasteiger partial charge in [0.1, 0.15) is 30.1 Å². The highest BCUT2D eigenvalue weighted by molar-refractivity contribution is 7.98. The molecule has 0 unspecified atom stereocenters. The van der Waals surface area contributed by atoms with Crippen LogP contribution in [0, 0.1) is 6.92 Å². The maximum atomic E-state index is 13.4. The topological polar surface area (TPSA) is 127 Å². The van der Waals surface area contributed by atoms with E-state index in [1.807, 2.05) is 49.6 Å². The van der Waals surface area contributed by atoms with Crippen molar-refractivity contribution in [2.45, 2.75) is 44.9 Å². The van der Waals surface area contributed by atoms with Gasteiger partial charge in [0.15, 0.2) is 0 Å². The molecule has 0 saturated carbocycles. The number of thioether (sulfide) groups is 1. The standard InChI is InChI=1S/C27H32N6O4S/c1-18-8-9-20-15-24(18)37-12-11-33-17-21(31-32-33)16-28-26(35)23(14-19-6-4-3-5-7-19)30-27(36)22(10-13-38-2)29-25(20)34/h3-9,15,17,22-23H,10-14,16H2,1-2H3,(H,28,35)(H,29,34)(H,30,36)/t22-,23-/m0/s1. The summed E-state index contributed by atoms with van der Waals surface area (Å²) in [7, 11) is 0. The van der Waals surface area contributed by atoms with E-state index in [0.29, 0.717) is 48.8 Å². The molecule has 10 nitrogen and oxygen atoms in total. The van der Waals surface area contributed by atoms with Crippen LogP contribution in [0.2, 0.25) is 0 Å². The van der Waals surface area contributed by atoms with Crippen LogP contribution >= 0.6 is 11.8 Å². The molecule has 3 N–H and O–H groups in total. The molecule has 1 aliphatic heterocycles. The first-order valence-electron chi connectivity index (χ1n) is 12.5. The molecule has 0 radical (unpaired) electrons. The summed E-state index contributed by atoms with van der Waals surface area (Å²) in [4.78, 5) is 39.8. The van der Waals surface area contributed by atoms with Gasteiger partial charge in [-0.3, -0.25) is 14.4 Å². The third-order valence-electron chi connectivity index (χ3n) is 6.21. The second-order valence-corrected chi connectivity index (χ2v) is 10.1. The van der Waals surface area contributed by atoms with Gasteiger partial charge in [-0.15, -0.1) is 5.10 Å². The van der Waals surface area contributed by atoms with Gasteiger partial charge in [-0.25, -0.2) is 4.68 Å². The number of hydrogen-bond donors (Lipinski definition) is 3. The van der Waals surface area contributed by atoms with E-state index in [4.69, 9.17) is 4.74 Å². The lowest BCUT2D eigenvalue weighted by atomic mass is 10.0. The quantitative estimate of drug-likeness (QED) is 0.454.